The highest BCUT2D eigenvalue weighted by Gasteiger charge is 2.45. The van der Waals surface area contributed by atoms with Crippen molar-refractivity contribution in [1.82, 2.24) is 5.48 Å². The van der Waals surface area contributed by atoms with Crippen LogP contribution in [-0.4, -0.2) is 12.0 Å². The van der Waals surface area contributed by atoms with Gasteiger partial charge in [-0.3, -0.25) is 9.63 Å². The van der Waals surface area contributed by atoms with Crippen LogP contribution in [0.3, 0.4) is 0 Å². The average molecular weight is 259 g/mol. The second kappa shape index (κ2) is 5.33. The van der Waals surface area contributed by atoms with Gasteiger partial charge in [0.15, 0.2) is 0 Å². The molecule has 0 saturated heterocycles. The summed E-state index contributed by atoms with van der Waals surface area (Å²) >= 11 is 0. The minimum absolute atomic E-state index is 0.0388. The summed E-state index contributed by atoms with van der Waals surface area (Å²) in [6.45, 7) is 0. The third kappa shape index (κ3) is 2.39. The Labute approximate surface area is 114 Å². The molecule has 1 aromatic carbocycles. The first kappa shape index (κ1) is 12.7. The van der Waals surface area contributed by atoms with Crippen molar-refractivity contribution in [3.63, 3.8) is 0 Å². The van der Waals surface area contributed by atoms with E-state index in [2.05, 4.69) is 5.48 Å². The van der Waals surface area contributed by atoms with Crippen molar-refractivity contribution in [3.05, 3.63) is 35.9 Å². The summed E-state index contributed by atoms with van der Waals surface area (Å²) in [7, 11) is 0. The first-order chi connectivity index (χ1) is 9.31. The molecule has 3 nitrogen and oxygen atoms in total. The number of hydrogen-bond donors (Lipinski definition) is 1. The fourth-order valence-corrected chi connectivity index (χ4v) is 3.18. The normalized spacial score (nSPS) is 21.9. The number of nitrogens with one attached hydrogen (secondary N) is 1. The molecule has 3 heteroatoms. The minimum atomic E-state index is -0.347. The molecule has 1 aromatic rings. The van der Waals surface area contributed by atoms with Gasteiger partial charge in [-0.2, -0.15) is 0 Å². The van der Waals surface area contributed by atoms with Gasteiger partial charge < -0.3 is 0 Å². The number of hydroxylamine groups is 1. The Bertz CT molecular complexity index is 433. The van der Waals surface area contributed by atoms with Gasteiger partial charge in [-0.1, -0.05) is 49.6 Å². The molecule has 1 amide bonds. The van der Waals surface area contributed by atoms with Gasteiger partial charge in [0, 0.05) is 0 Å². The molecular formula is C16H21NO2. The smallest absolute Gasteiger partial charge is 0.254 e. The Morgan fingerprint density at radius 1 is 1.11 bits per heavy atom. The summed E-state index contributed by atoms with van der Waals surface area (Å²) in [5.41, 5.74) is 3.50. The Morgan fingerprint density at radius 2 is 1.79 bits per heavy atom. The standard InChI is InChI=1S/C16H21NO2/c18-15(17-19-14-9-4-5-10-14)16(11-6-12-16)13-7-2-1-3-8-13/h1-3,7-8,14H,4-6,9-12H2,(H,17,18). The van der Waals surface area contributed by atoms with E-state index in [9.17, 15) is 4.79 Å². The van der Waals surface area contributed by atoms with Gasteiger partial charge in [0.2, 0.25) is 0 Å². The molecule has 0 heterocycles. The first-order valence-corrected chi connectivity index (χ1v) is 7.33. The third-order valence-corrected chi connectivity index (χ3v) is 4.59. The molecule has 0 unspecified atom stereocenters. The highest BCUT2D eigenvalue weighted by molar-refractivity contribution is 5.88. The minimum Gasteiger partial charge on any atom is -0.272 e. The summed E-state index contributed by atoms with van der Waals surface area (Å²) in [6.07, 6.45) is 7.75. The van der Waals surface area contributed by atoms with Gasteiger partial charge in [-0.05, 0) is 31.2 Å². The molecule has 3 rings (SSSR count). The first-order valence-electron chi connectivity index (χ1n) is 7.33. The number of benzene rings is 1. The zero-order chi connectivity index (χ0) is 13.1. The molecule has 1 N–H and O–H groups in total. The van der Waals surface area contributed by atoms with Crippen LogP contribution in [0.2, 0.25) is 0 Å². The van der Waals surface area contributed by atoms with Crippen molar-refractivity contribution < 1.29 is 9.63 Å². The molecule has 0 bridgehead atoms. The molecule has 0 atom stereocenters. The lowest BCUT2D eigenvalue weighted by atomic mass is 9.64. The molecule has 19 heavy (non-hydrogen) atoms. The highest BCUT2D eigenvalue weighted by atomic mass is 16.7. The molecule has 0 aromatic heterocycles. The SMILES string of the molecule is O=C(NOC1CCCC1)C1(c2ccccc2)CCC1. The van der Waals surface area contributed by atoms with Crippen LogP contribution in [0, 0.1) is 0 Å². The largest absolute Gasteiger partial charge is 0.272 e. The lowest BCUT2D eigenvalue weighted by Crippen LogP contribution is -2.49. The van der Waals surface area contributed by atoms with Crippen LogP contribution in [0.4, 0.5) is 0 Å². The van der Waals surface area contributed by atoms with Crippen LogP contribution in [0.25, 0.3) is 0 Å². The summed E-state index contributed by atoms with van der Waals surface area (Å²) < 4.78 is 0. The van der Waals surface area contributed by atoms with Gasteiger partial charge in [-0.15, -0.1) is 0 Å². The maximum Gasteiger partial charge on any atom is 0.254 e. The lowest BCUT2D eigenvalue weighted by molar-refractivity contribution is -0.147. The zero-order valence-corrected chi connectivity index (χ0v) is 11.2. The van der Waals surface area contributed by atoms with E-state index in [1.807, 2.05) is 30.3 Å². The van der Waals surface area contributed by atoms with Gasteiger partial charge >= 0.3 is 0 Å². The van der Waals surface area contributed by atoms with Crippen LogP contribution in [-0.2, 0) is 15.0 Å². The Kier molecular flexibility index (Phi) is 3.56. The van der Waals surface area contributed by atoms with Gasteiger partial charge in [-0.25, -0.2) is 5.48 Å². The van der Waals surface area contributed by atoms with E-state index >= 15 is 0 Å². The average Bonchev–Trinajstić information content (AvgIpc) is 2.89. The number of rotatable bonds is 4. The number of carbonyl (C=O) groups is 1. The molecule has 102 valence electrons. The van der Waals surface area contributed by atoms with Crippen molar-refractivity contribution in [3.8, 4) is 0 Å². The van der Waals surface area contributed by atoms with E-state index < -0.39 is 0 Å². The molecular weight excluding hydrogens is 238 g/mol. The fraction of sp³-hybridized carbons (Fsp3) is 0.562. The van der Waals surface area contributed by atoms with E-state index in [-0.39, 0.29) is 17.4 Å². The van der Waals surface area contributed by atoms with Crippen molar-refractivity contribution in [2.45, 2.75) is 56.5 Å². The van der Waals surface area contributed by atoms with E-state index in [0.29, 0.717) is 0 Å². The van der Waals surface area contributed by atoms with E-state index in [0.717, 1.165) is 37.7 Å². The van der Waals surface area contributed by atoms with Crippen molar-refractivity contribution in [2.24, 2.45) is 0 Å². The maximum absolute atomic E-state index is 12.5. The van der Waals surface area contributed by atoms with Crippen molar-refractivity contribution in [1.29, 1.82) is 0 Å². The quantitative estimate of drug-likeness (QED) is 0.844. The Morgan fingerprint density at radius 3 is 2.37 bits per heavy atom. The maximum atomic E-state index is 12.5. The molecule has 2 saturated carbocycles. The van der Waals surface area contributed by atoms with E-state index in [1.165, 1.54) is 12.8 Å². The summed E-state index contributed by atoms with van der Waals surface area (Å²) in [5, 5.41) is 0. The van der Waals surface area contributed by atoms with Crippen LogP contribution in [0.5, 0.6) is 0 Å². The molecule has 0 aliphatic heterocycles. The summed E-state index contributed by atoms with van der Waals surface area (Å²) in [6, 6.07) is 10.1. The fourth-order valence-electron chi connectivity index (χ4n) is 3.18. The van der Waals surface area contributed by atoms with Crippen molar-refractivity contribution >= 4 is 5.91 Å². The van der Waals surface area contributed by atoms with Crippen LogP contribution < -0.4 is 5.48 Å². The molecule has 2 fully saturated rings. The van der Waals surface area contributed by atoms with E-state index in [4.69, 9.17) is 4.84 Å². The van der Waals surface area contributed by atoms with E-state index in [1.54, 1.807) is 0 Å². The van der Waals surface area contributed by atoms with Gasteiger partial charge in [0.05, 0.1) is 11.5 Å². The molecule has 0 spiro atoms. The van der Waals surface area contributed by atoms with Crippen molar-refractivity contribution in [2.75, 3.05) is 0 Å². The summed E-state index contributed by atoms with van der Waals surface area (Å²) in [4.78, 5) is 18.0. The lowest BCUT2D eigenvalue weighted by Gasteiger charge is -2.40. The second-order valence-corrected chi connectivity index (χ2v) is 5.76. The summed E-state index contributed by atoms with van der Waals surface area (Å²) in [5.74, 6) is 0.0388. The molecule has 0 radical (unpaired) electrons. The topological polar surface area (TPSA) is 38.3 Å². The third-order valence-electron chi connectivity index (χ3n) is 4.59. The zero-order valence-electron chi connectivity index (χ0n) is 11.2. The predicted octanol–water partition coefficient (Wildman–Crippen LogP) is 3.10. The van der Waals surface area contributed by atoms with Gasteiger partial charge in [0.1, 0.15) is 0 Å². The molecule has 2 aliphatic rings. The number of amides is 1. The number of carbonyl (C=O) groups excluding carboxylic acids is 1. The second-order valence-electron chi connectivity index (χ2n) is 5.76. The highest BCUT2D eigenvalue weighted by Crippen LogP contribution is 2.43. The Hall–Kier alpha value is -1.35. The van der Waals surface area contributed by atoms with Crippen LogP contribution in [0.1, 0.15) is 50.5 Å². The molecule has 2 aliphatic carbocycles. The Balaban J connectivity index is 1.66. The predicted molar refractivity (Wildman–Crippen MR) is 73.5 cm³/mol. The van der Waals surface area contributed by atoms with Gasteiger partial charge in [0.25, 0.3) is 5.91 Å². The number of hydrogen-bond acceptors (Lipinski definition) is 2. The van der Waals surface area contributed by atoms with Crippen LogP contribution >= 0.6 is 0 Å². The monoisotopic (exact) mass is 259 g/mol. The van der Waals surface area contributed by atoms with Crippen LogP contribution in [0.15, 0.2) is 30.3 Å².